The molecule has 104 valence electrons. The predicted octanol–water partition coefficient (Wildman–Crippen LogP) is -0.280. The van der Waals surface area contributed by atoms with Crippen molar-refractivity contribution in [1.29, 1.82) is 0 Å². The molecule has 5 heteroatoms. The average molecular weight is 294 g/mol. The fourth-order valence-corrected chi connectivity index (χ4v) is 3.45. The zero-order valence-corrected chi connectivity index (χ0v) is 13.6. The molecule has 0 amide bonds. The number of carbonyl (C=O) groups is 1. The van der Waals surface area contributed by atoms with Crippen LogP contribution in [0.4, 0.5) is 0 Å². The number of aryl methyl sites for hydroxylation is 3. The molecule has 0 saturated carbocycles. The molecule has 0 spiro atoms. The molecular weight excluding hydrogens is 278 g/mol. The van der Waals surface area contributed by atoms with Gasteiger partial charge < -0.3 is 9.46 Å². The number of hydrogen-bond acceptors (Lipinski definition) is 3. The fourth-order valence-electron chi connectivity index (χ4n) is 2.09. The summed E-state index contributed by atoms with van der Waals surface area (Å²) in [5.41, 5.74) is 2.08. The van der Waals surface area contributed by atoms with Crippen molar-refractivity contribution in [3.8, 4) is 0 Å². The first-order valence-electron chi connectivity index (χ1n) is 6.33. The van der Waals surface area contributed by atoms with Crippen molar-refractivity contribution >= 4 is 18.2 Å². The minimum atomic E-state index is -4.31. The first-order valence-corrected chi connectivity index (χ1v) is 7.96. The van der Waals surface area contributed by atoms with E-state index in [1.807, 2.05) is 19.9 Å². The van der Waals surface area contributed by atoms with Gasteiger partial charge in [-0.05, 0) is 43.5 Å². The van der Waals surface area contributed by atoms with Crippen LogP contribution in [0.2, 0.25) is 0 Å². The first kappa shape index (κ1) is 17.9. The minimum Gasteiger partial charge on any atom is -0.790 e. The number of benzene rings is 2. The second kappa shape index (κ2) is 6.77. The van der Waals surface area contributed by atoms with E-state index in [9.17, 15) is 14.3 Å². The van der Waals surface area contributed by atoms with Crippen molar-refractivity contribution in [1.82, 2.24) is 0 Å². The Morgan fingerprint density at radius 2 is 1.48 bits per heavy atom. The van der Waals surface area contributed by atoms with Crippen LogP contribution in [0.1, 0.15) is 27.0 Å². The van der Waals surface area contributed by atoms with Gasteiger partial charge in [0.05, 0.1) is 0 Å². The van der Waals surface area contributed by atoms with Gasteiger partial charge in [-0.25, -0.2) is 0 Å². The third-order valence-corrected chi connectivity index (χ3v) is 5.19. The van der Waals surface area contributed by atoms with Gasteiger partial charge in [0, 0.05) is 10.9 Å². The van der Waals surface area contributed by atoms with Gasteiger partial charge >= 0.3 is 18.9 Å². The molecule has 0 bridgehead atoms. The molecule has 0 aliphatic heterocycles. The van der Waals surface area contributed by atoms with Crippen molar-refractivity contribution < 1.29 is 33.1 Å². The summed E-state index contributed by atoms with van der Waals surface area (Å²) in [4.78, 5) is 24.7. The van der Waals surface area contributed by atoms with Crippen LogP contribution in [0.5, 0.6) is 0 Å². The quantitative estimate of drug-likeness (QED) is 0.578. The predicted molar refractivity (Wildman–Crippen MR) is 78.7 cm³/mol. The summed E-state index contributed by atoms with van der Waals surface area (Å²) in [6.45, 7) is 5.55. The normalized spacial score (nSPS) is 13.1. The monoisotopic (exact) mass is 294 g/mol. The smallest absolute Gasteiger partial charge is 0.790 e. The van der Waals surface area contributed by atoms with Crippen LogP contribution in [0.15, 0.2) is 42.5 Å². The van der Waals surface area contributed by atoms with Crippen molar-refractivity contribution in [3.63, 3.8) is 0 Å². The van der Waals surface area contributed by atoms with Crippen molar-refractivity contribution in [2.75, 3.05) is 0 Å². The van der Waals surface area contributed by atoms with Gasteiger partial charge in [-0.1, -0.05) is 36.4 Å². The van der Waals surface area contributed by atoms with Crippen LogP contribution in [0.25, 0.3) is 0 Å². The third kappa shape index (κ3) is 3.57. The molecule has 2 aromatic rings. The summed E-state index contributed by atoms with van der Waals surface area (Å²) in [6.07, 6.45) is 0. The first-order chi connectivity index (χ1) is 9.34. The van der Waals surface area contributed by atoms with Crippen molar-refractivity contribution in [2.45, 2.75) is 20.8 Å². The Bertz CT molecular complexity index is 711. The summed E-state index contributed by atoms with van der Waals surface area (Å²) >= 11 is 0. The van der Waals surface area contributed by atoms with E-state index in [0.29, 0.717) is 5.56 Å². The molecule has 0 aliphatic rings. The van der Waals surface area contributed by atoms with Crippen LogP contribution in [0, 0.1) is 20.8 Å². The second-order valence-electron chi connectivity index (χ2n) is 4.94. The van der Waals surface area contributed by atoms with Crippen LogP contribution in [-0.4, -0.2) is 5.52 Å². The standard InChI is InChI=1S/C16H17O3P.Li/c1-11-9-13(3)15(10-12(11)2)16(17)20(18,19)14-7-5-4-6-8-14;/h4-10H,1-3H3,(H,18,19);/q;+1/p-1. The topological polar surface area (TPSA) is 57.2 Å². The molecule has 0 N–H and O–H groups in total. The molecule has 0 aromatic heterocycles. The largest absolute Gasteiger partial charge is 1.00 e. The van der Waals surface area contributed by atoms with Gasteiger partial charge in [0.1, 0.15) is 7.37 Å². The van der Waals surface area contributed by atoms with E-state index in [1.54, 1.807) is 31.2 Å². The summed E-state index contributed by atoms with van der Waals surface area (Å²) in [7, 11) is -4.31. The molecule has 0 aliphatic carbocycles. The Morgan fingerprint density at radius 1 is 0.952 bits per heavy atom. The molecule has 0 fully saturated rings. The third-order valence-electron chi connectivity index (χ3n) is 3.43. The minimum absolute atomic E-state index is 0. The van der Waals surface area contributed by atoms with Crippen LogP contribution < -0.4 is 29.1 Å². The van der Waals surface area contributed by atoms with Crippen molar-refractivity contribution in [2.24, 2.45) is 0 Å². The van der Waals surface area contributed by atoms with E-state index in [1.165, 1.54) is 12.1 Å². The van der Waals surface area contributed by atoms with Gasteiger partial charge in [-0.2, -0.15) is 0 Å². The Morgan fingerprint density at radius 3 is 2.05 bits per heavy atom. The van der Waals surface area contributed by atoms with Crippen molar-refractivity contribution in [3.05, 3.63) is 64.7 Å². The van der Waals surface area contributed by atoms with E-state index >= 15 is 0 Å². The number of hydrogen-bond donors (Lipinski definition) is 0. The SMILES string of the molecule is Cc1cc(C)c(C(=O)P(=O)([O-])c2ccccc2)cc1C.[Li+]. The van der Waals surface area contributed by atoms with E-state index < -0.39 is 12.9 Å². The molecule has 2 rings (SSSR count). The molecule has 21 heavy (non-hydrogen) atoms. The van der Waals surface area contributed by atoms with E-state index in [2.05, 4.69) is 0 Å². The van der Waals surface area contributed by atoms with E-state index in [-0.39, 0.29) is 29.7 Å². The van der Waals surface area contributed by atoms with E-state index in [4.69, 9.17) is 0 Å². The Balaban J connectivity index is 0.00000220. The Kier molecular flexibility index (Phi) is 5.79. The van der Waals surface area contributed by atoms with Gasteiger partial charge in [0.15, 0.2) is 0 Å². The van der Waals surface area contributed by atoms with E-state index in [0.717, 1.165) is 11.1 Å². The summed E-state index contributed by atoms with van der Waals surface area (Å²) in [5, 5.41) is 0.0580. The maximum atomic E-state index is 12.4. The Labute approximate surface area is 137 Å². The number of rotatable bonds is 3. The summed E-state index contributed by atoms with van der Waals surface area (Å²) < 4.78 is 12.4. The molecule has 0 heterocycles. The summed E-state index contributed by atoms with van der Waals surface area (Å²) in [6, 6.07) is 11.3. The van der Waals surface area contributed by atoms with Gasteiger partial charge in [-0.3, -0.25) is 4.79 Å². The van der Waals surface area contributed by atoms with Crippen LogP contribution in [0.3, 0.4) is 0 Å². The molecular formula is C16H16LiO3P. The average Bonchev–Trinajstić information content (AvgIpc) is 2.43. The molecule has 0 saturated heterocycles. The summed E-state index contributed by atoms with van der Waals surface area (Å²) in [5.74, 6) is 0. The second-order valence-corrected chi connectivity index (χ2v) is 6.97. The Hall–Kier alpha value is -1.10. The molecule has 1 unspecified atom stereocenters. The maximum absolute atomic E-state index is 12.4. The van der Waals surface area contributed by atoms with Gasteiger partial charge in [0.2, 0.25) is 5.52 Å². The van der Waals surface area contributed by atoms with Gasteiger partial charge in [-0.15, -0.1) is 0 Å². The fraction of sp³-hybridized carbons (Fsp3) is 0.188. The molecule has 0 radical (unpaired) electrons. The van der Waals surface area contributed by atoms with Crippen LogP contribution in [-0.2, 0) is 4.57 Å². The maximum Gasteiger partial charge on any atom is 1.00 e. The van der Waals surface area contributed by atoms with Gasteiger partial charge in [0.25, 0.3) is 0 Å². The zero-order valence-electron chi connectivity index (χ0n) is 12.7. The molecule has 1 atom stereocenters. The zero-order chi connectivity index (χ0) is 14.9. The molecule has 3 nitrogen and oxygen atoms in total. The molecule has 2 aromatic carbocycles. The van der Waals surface area contributed by atoms with Crippen LogP contribution >= 0.6 is 7.37 Å². The number of carbonyl (C=O) groups excluding carboxylic acids is 1.